The molecule has 1 radical (unpaired) electrons. The molecule has 0 nitrogen and oxygen atoms in total. The second kappa shape index (κ2) is 2.81. The number of hydrogen-bond acceptors (Lipinski definition) is 0. The van der Waals surface area contributed by atoms with Crippen LogP contribution >= 0.6 is 0 Å². The van der Waals surface area contributed by atoms with E-state index in [1.54, 1.807) is 7.51 Å². The van der Waals surface area contributed by atoms with Crippen molar-refractivity contribution in [1.29, 1.82) is 0 Å². The predicted octanol–water partition coefficient (Wildman–Crippen LogP) is 1.81. The first-order valence-corrected chi connectivity index (χ1v) is 6.88. The summed E-state index contributed by atoms with van der Waals surface area (Å²) in [5.74, 6) is 0. The standard InChI is InChI=1S/C6H10.In/c1-3-5-6-4-2;/h1-3,5-6H2;. The fraction of sp³-hybridized carbons (Fsp3) is 0.667. The summed E-state index contributed by atoms with van der Waals surface area (Å²) in [5.41, 5.74) is 0. The molecule has 0 amide bonds. The molecule has 0 saturated carbocycles. The van der Waals surface area contributed by atoms with E-state index >= 15 is 0 Å². The Balaban J connectivity index is 2.25. The van der Waals surface area contributed by atoms with Crippen molar-refractivity contribution in [3.63, 3.8) is 0 Å². The predicted molar refractivity (Wildman–Crippen MR) is 33.6 cm³/mol. The van der Waals surface area contributed by atoms with Crippen molar-refractivity contribution in [3.8, 4) is 0 Å². The monoisotopic (exact) mass is 197 g/mol. The zero-order valence-electron chi connectivity index (χ0n) is 4.61. The van der Waals surface area contributed by atoms with Crippen LogP contribution in [-0.4, -0.2) is 22.9 Å². The van der Waals surface area contributed by atoms with Gasteiger partial charge in [0, 0.05) is 0 Å². The summed E-state index contributed by atoms with van der Waals surface area (Å²) in [7, 11) is 0. The Morgan fingerprint density at radius 2 is 2.29 bits per heavy atom. The van der Waals surface area contributed by atoms with Gasteiger partial charge in [0.05, 0.1) is 0 Å². The molecule has 0 spiro atoms. The van der Waals surface area contributed by atoms with Gasteiger partial charge in [-0.3, -0.25) is 0 Å². The van der Waals surface area contributed by atoms with Crippen molar-refractivity contribution >= 4 is 22.9 Å². The zero-order valence-corrected chi connectivity index (χ0v) is 7.91. The molecule has 1 heteroatoms. The molecule has 0 aromatic carbocycles. The Labute approximate surface area is 56.4 Å². The zero-order chi connectivity index (χ0) is 5.11. The third-order valence-corrected chi connectivity index (χ3v) is 5.85. The van der Waals surface area contributed by atoms with E-state index in [9.17, 15) is 0 Å². The summed E-state index contributed by atoms with van der Waals surface area (Å²) in [4.78, 5) is 0. The van der Waals surface area contributed by atoms with Crippen LogP contribution in [0.25, 0.3) is 0 Å². The normalized spacial score (nSPS) is 21.4. The molecular weight excluding hydrogens is 187 g/mol. The number of allylic oxidation sites excluding steroid dienone is 1. The first kappa shape index (κ1) is 5.74. The quantitative estimate of drug-likeness (QED) is 0.555. The average molecular weight is 197 g/mol. The Hall–Kier alpha value is 0.610. The van der Waals surface area contributed by atoms with Gasteiger partial charge < -0.3 is 0 Å². The van der Waals surface area contributed by atoms with Gasteiger partial charge >= 0.3 is 56.3 Å². The SMILES string of the molecule is C=[C]1CCC[CH2][In]1. The van der Waals surface area contributed by atoms with Crippen LogP contribution in [0.15, 0.2) is 9.91 Å². The fourth-order valence-electron chi connectivity index (χ4n) is 0.905. The van der Waals surface area contributed by atoms with Crippen molar-refractivity contribution in [2.45, 2.75) is 23.4 Å². The second-order valence-corrected chi connectivity index (χ2v) is 7.25. The van der Waals surface area contributed by atoms with Gasteiger partial charge in [-0.1, -0.05) is 0 Å². The average Bonchev–Trinajstić information content (AvgIpc) is 1.69. The van der Waals surface area contributed by atoms with Crippen molar-refractivity contribution in [1.82, 2.24) is 0 Å². The maximum absolute atomic E-state index is 4.00. The fourth-order valence-corrected chi connectivity index (χ4v) is 4.64. The molecule has 0 aromatic rings. The minimum absolute atomic E-state index is 0.149. The molecule has 1 aliphatic heterocycles. The molecule has 0 bridgehead atoms. The van der Waals surface area contributed by atoms with E-state index in [2.05, 4.69) is 6.58 Å². The summed E-state index contributed by atoms with van der Waals surface area (Å²) in [6, 6.07) is 0. The Kier molecular flexibility index (Phi) is 2.30. The van der Waals surface area contributed by atoms with Gasteiger partial charge in [-0.15, -0.1) is 0 Å². The summed E-state index contributed by atoms with van der Waals surface area (Å²) in [6.07, 6.45) is 4.33. The van der Waals surface area contributed by atoms with Gasteiger partial charge in [0.25, 0.3) is 0 Å². The van der Waals surface area contributed by atoms with Crippen molar-refractivity contribution in [2.24, 2.45) is 0 Å². The molecule has 0 unspecified atom stereocenters. The third kappa shape index (κ3) is 1.90. The molecule has 1 rings (SSSR count). The maximum atomic E-state index is 4.00. The van der Waals surface area contributed by atoms with Gasteiger partial charge in [-0.2, -0.15) is 0 Å². The molecule has 0 aromatic heterocycles. The van der Waals surface area contributed by atoms with E-state index in [-0.39, 0.29) is 22.9 Å². The van der Waals surface area contributed by atoms with E-state index in [0.29, 0.717) is 0 Å². The van der Waals surface area contributed by atoms with Crippen molar-refractivity contribution in [3.05, 3.63) is 9.91 Å². The molecule has 7 heavy (non-hydrogen) atoms. The number of rotatable bonds is 0. The van der Waals surface area contributed by atoms with Crippen LogP contribution in [0, 0.1) is 0 Å². The molecule has 0 atom stereocenters. The Morgan fingerprint density at radius 3 is 2.57 bits per heavy atom. The molecule has 0 N–H and O–H groups in total. The van der Waals surface area contributed by atoms with Gasteiger partial charge in [-0.05, 0) is 0 Å². The van der Waals surface area contributed by atoms with Gasteiger partial charge in [0.2, 0.25) is 0 Å². The summed E-state index contributed by atoms with van der Waals surface area (Å²) in [5, 5.41) is 0. The molecule has 1 fully saturated rings. The minimum atomic E-state index is -0.149. The molecule has 37 valence electrons. The van der Waals surface area contributed by atoms with Crippen LogP contribution in [0.3, 0.4) is 0 Å². The van der Waals surface area contributed by atoms with Crippen LogP contribution in [0.4, 0.5) is 0 Å². The van der Waals surface area contributed by atoms with E-state index in [0.717, 1.165) is 0 Å². The first-order chi connectivity index (χ1) is 3.39. The van der Waals surface area contributed by atoms with E-state index in [1.807, 2.05) is 0 Å². The Bertz CT molecular complexity index is 68.2. The second-order valence-electron chi connectivity index (χ2n) is 2.11. The van der Waals surface area contributed by atoms with Gasteiger partial charge in [0.1, 0.15) is 0 Å². The molecular formula is C6H10In. The van der Waals surface area contributed by atoms with Crippen LogP contribution in [0.5, 0.6) is 0 Å². The van der Waals surface area contributed by atoms with Crippen LogP contribution < -0.4 is 0 Å². The van der Waals surface area contributed by atoms with E-state index in [1.165, 1.54) is 19.3 Å². The third-order valence-electron chi connectivity index (χ3n) is 1.39. The topological polar surface area (TPSA) is 0 Å². The molecule has 1 aliphatic rings. The summed E-state index contributed by atoms with van der Waals surface area (Å²) < 4.78 is 3.23. The van der Waals surface area contributed by atoms with Crippen LogP contribution in [0.1, 0.15) is 19.3 Å². The molecule has 1 saturated heterocycles. The van der Waals surface area contributed by atoms with Gasteiger partial charge in [-0.25, -0.2) is 0 Å². The van der Waals surface area contributed by atoms with Crippen LogP contribution in [0.2, 0.25) is 4.18 Å². The van der Waals surface area contributed by atoms with Crippen molar-refractivity contribution < 1.29 is 0 Å². The van der Waals surface area contributed by atoms with Gasteiger partial charge in [0.15, 0.2) is 0 Å². The van der Waals surface area contributed by atoms with E-state index < -0.39 is 0 Å². The summed E-state index contributed by atoms with van der Waals surface area (Å²) >= 11 is -0.149. The van der Waals surface area contributed by atoms with Crippen LogP contribution in [-0.2, 0) is 0 Å². The summed E-state index contributed by atoms with van der Waals surface area (Å²) in [6.45, 7) is 4.00. The first-order valence-electron chi connectivity index (χ1n) is 2.90. The molecule has 0 aliphatic carbocycles. The van der Waals surface area contributed by atoms with Crippen molar-refractivity contribution in [2.75, 3.05) is 0 Å². The Morgan fingerprint density at radius 1 is 1.43 bits per heavy atom. The number of hydrogen-bond donors (Lipinski definition) is 0. The van der Waals surface area contributed by atoms with E-state index in [4.69, 9.17) is 0 Å². The molecule has 1 heterocycles.